The van der Waals surface area contributed by atoms with Gasteiger partial charge in [-0.3, -0.25) is 4.68 Å². The van der Waals surface area contributed by atoms with Crippen molar-refractivity contribution < 1.29 is 5.11 Å². The second-order valence-corrected chi connectivity index (χ2v) is 5.12. The second kappa shape index (κ2) is 4.63. The fourth-order valence-electron chi connectivity index (χ4n) is 1.93. The molecule has 1 unspecified atom stereocenters. The van der Waals surface area contributed by atoms with Gasteiger partial charge in [0.1, 0.15) is 6.10 Å². The molecule has 0 fully saturated rings. The van der Waals surface area contributed by atoms with E-state index in [9.17, 15) is 5.11 Å². The normalized spacial score (nSPS) is 12.8. The van der Waals surface area contributed by atoms with E-state index in [4.69, 9.17) is 0 Å². The Kier molecular flexibility index (Phi) is 3.35. The zero-order valence-corrected chi connectivity index (χ0v) is 11.7. The highest BCUT2D eigenvalue weighted by Gasteiger charge is 2.19. The van der Waals surface area contributed by atoms with Crippen molar-refractivity contribution in [2.24, 2.45) is 7.05 Å². The number of aryl methyl sites for hydroxylation is 3. The molecule has 3 nitrogen and oxygen atoms in total. The van der Waals surface area contributed by atoms with E-state index < -0.39 is 6.10 Å². The summed E-state index contributed by atoms with van der Waals surface area (Å²) in [5.41, 5.74) is 3.92. The van der Waals surface area contributed by atoms with E-state index in [0.29, 0.717) is 0 Å². The molecule has 1 N–H and O–H groups in total. The minimum atomic E-state index is -0.656. The van der Waals surface area contributed by atoms with Crippen LogP contribution in [0.25, 0.3) is 0 Å². The highest BCUT2D eigenvalue weighted by molar-refractivity contribution is 9.10. The number of hydrogen-bond acceptors (Lipinski definition) is 2. The Morgan fingerprint density at radius 1 is 1.35 bits per heavy atom. The number of aliphatic hydroxyl groups is 1. The molecule has 0 saturated carbocycles. The van der Waals surface area contributed by atoms with Gasteiger partial charge in [-0.05, 0) is 40.9 Å². The van der Waals surface area contributed by atoms with E-state index in [1.54, 1.807) is 10.9 Å². The Bertz CT molecular complexity index is 529. The van der Waals surface area contributed by atoms with Crippen LogP contribution in [0.5, 0.6) is 0 Å². The van der Waals surface area contributed by atoms with Gasteiger partial charge < -0.3 is 5.11 Å². The van der Waals surface area contributed by atoms with Gasteiger partial charge in [-0.15, -0.1) is 0 Å². The molecule has 0 saturated heterocycles. The van der Waals surface area contributed by atoms with Crippen molar-refractivity contribution >= 4 is 15.9 Å². The van der Waals surface area contributed by atoms with Crippen molar-refractivity contribution in [3.05, 3.63) is 51.3 Å². The minimum Gasteiger partial charge on any atom is -0.382 e. The Morgan fingerprint density at radius 2 is 2.06 bits per heavy atom. The van der Waals surface area contributed by atoms with E-state index in [0.717, 1.165) is 26.9 Å². The Labute approximate surface area is 109 Å². The van der Waals surface area contributed by atoms with Gasteiger partial charge in [-0.1, -0.05) is 23.8 Å². The molecule has 0 spiro atoms. The zero-order chi connectivity index (χ0) is 12.6. The van der Waals surface area contributed by atoms with E-state index in [1.165, 1.54) is 0 Å². The maximum atomic E-state index is 10.5. The van der Waals surface area contributed by atoms with E-state index in [-0.39, 0.29) is 0 Å². The van der Waals surface area contributed by atoms with Gasteiger partial charge in [0.15, 0.2) is 0 Å². The third-order valence-electron chi connectivity index (χ3n) is 2.93. The molecule has 2 rings (SSSR count). The number of halogens is 1. The predicted molar refractivity (Wildman–Crippen MR) is 70.9 cm³/mol. The largest absolute Gasteiger partial charge is 0.382 e. The first-order valence-corrected chi connectivity index (χ1v) is 6.22. The molecule has 1 aromatic heterocycles. The van der Waals surface area contributed by atoms with Crippen LogP contribution in [0.2, 0.25) is 0 Å². The molecule has 1 aromatic carbocycles. The molecule has 0 bridgehead atoms. The highest BCUT2D eigenvalue weighted by Crippen LogP contribution is 2.30. The molecule has 17 heavy (non-hydrogen) atoms. The van der Waals surface area contributed by atoms with Crippen molar-refractivity contribution in [3.8, 4) is 0 Å². The number of benzene rings is 1. The Balaban J connectivity index is 2.50. The average Bonchev–Trinajstić information content (AvgIpc) is 2.61. The Hall–Kier alpha value is -1.13. The number of hydrogen-bond donors (Lipinski definition) is 1. The summed E-state index contributed by atoms with van der Waals surface area (Å²) in [5.74, 6) is 0. The summed E-state index contributed by atoms with van der Waals surface area (Å²) in [6.45, 7) is 4.02. The number of rotatable bonds is 2. The number of aromatic nitrogens is 2. The quantitative estimate of drug-likeness (QED) is 0.925. The standard InChI is InChI=1S/C13H15BrN2O/c1-8-4-5-9(2)10(6-8)13(17)12-11(14)7-15-16(12)3/h4-7,13,17H,1-3H3. The molecular formula is C13H15BrN2O. The summed E-state index contributed by atoms with van der Waals surface area (Å²) >= 11 is 3.41. The van der Waals surface area contributed by atoms with Crippen molar-refractivity contribution in [1.82, 2.24) is 9.78 Å². The maximum Gasteiger partial charge on any atom is 0.122 e. The van der Waals surface area contributed by atoms with Gasteiger partial charge in [0.25, 0.3) is 0 Å². The van der Waals surface area contributed by atoms with Gasteiger partial charge in [0, 0.05) is 7.05 Å². The summed E-state index contributed by atoms with van der Waals surface area (Å²) < 4.78 is 2.52. The van der Waals surface area contributed by atoms with Crippen LogP contribution >= 0.6 is 15.9 Å². The Morgan fingerprint density at radius 3 is 2.65 bits per heavy atom. The van der Waals surface area contributed by atoms with Crippen LogP contribution in [0.4, 0.5) is 0 Å². The van der Waals surface area contributed by atoms with Crippen LogP contribution in [0.15, 0.2) is 28.9 Å². The fraction of sp³-hybridized carbons (Fsp3) is 0.308. The summed E-state index contributed by atoms with van der Waals surface area (Å²) in [4.78, 5) is 0. The van der Waals surface area contributed by atoms with Gasteiger partial charge in [0.2, 0.25) is 0 Å². The first-order chi connectivity index (χ1) is 8.00. The molecule has 1 heterocycles. The molecule has 90 valence electrons. The topological polar surface area (TPSA) is 38.1 Å². The first-order valence-electron chi connectivity index (χ1n) is 5.43. The lowest BCUT2D eigenvalue weighted by atomic mass is 9.99. The molecule has 0 aliphatic heterocycles. The van der Waals surface area contributed by atoms with Gasteiger partial charge >= 0.3 is 0 Å². The number of nitrogens with zero attached hydrogens (tertiary/aromatic N) is 2. The van der Waals surface area contributed by atoms with Crippen LogP contribution in [-0.4, -0.2) is 14.9 Å². The number of aliphatic hydroxyl groups excluding tert-OH is 1. The van der Waals surface area contributed by atoms with Crippen molar-refractivity contribution in [1.29, 1.82) is 0 Å². The first kappa shape index (κ1) is 12.3. The smallest absolute Gasteiger partial charge is 0.122 e. The van der Waals surface area contributed by atoms with Crippen molar-refractivity contribution in [2.45, 2.75) is 20.0 Å². The SMILES string of the molecule is Cc1ccc(C)c(C(O)c2c(Br)cnn2C)c1. The summed E-state index contributed by atoms with van der Waals surface area (Å²) in [6, 6.07) is 6.08. The lowest BCUT2D eigenvalue weighted by molar-refractivity contribution is 0.208. The molecule has 0 aliphatic rings. The van der Waals surface area contributed by atoms with Gasteiger partial charge in [-0.25, -0.2) is 0 Å². The van der Waals surface area contributed by atoms with Crippen LogP contribution < -0.4 is 0 Å². The van der Waals surface area contributed by atoms with E-state index >= 15 is 0 Å². The summed E-state index contributed by atoms with van der Waals surface area (Å²) in [5, 5.41) is 14.6. The van der Waals surface area contributed by atoms with Gasteiger partial charge in [-0.2, -0.15) is 5.10 Å². The maximum absolute atomic E-state index is 10.5. The molecular weight excluding hydrogens is 280 g/mol. The van der Waals surface area contributed by atoms with Crippen LogP contribution in [0.3, 0.4) is 0 Å². The van der Waals surface area contributed by atoms with Gasteiger partial charge in [0.05, 0.1) is 16.4 Å². The summed E-state index contributed by atoms with van der Waals surface area (Å²) in [7, 11) is 1.83. The predicted octanol–water partition coefficient (Wildman–Crippen LogP) is 2.88. The molecule has 0 amide bonds. The molecule has 0 radical (unpaired) electrons. The fourth-order valence-corrected chi connectivity index (χ4v) is 2.49. The monoisotopic (exact) mass is 294 g/mol. The van der Waals surface area contributed by atoms with Crippen molar-refractivity contribution in [3.63, 3.8) is 0 Å². The van der Waals surface area contributed by atoms with E-state index in [1.807, 2.05) is 39.1 Å². The molecule has 0 aliphatic carbocycles. The van der Waals surface area contributed by atoms with E-state index in [2.05, 4.69) is 21.0 Å². The van der Waals surface area contributed by atoms with Crippen molar-refractivity contribution in [2.75, 3.05) is 0 Å². The third-order valence-corrected chi connectivity index (χ3v) is 3.54. The lowest BCUT2D eigenvalue weighted by Crippen LogP contribution is -2.08. The minimum absolute atomic E-state index is 0.656. The molecule has 4 heteroatoms. The van der Waals surface area contributed by atoms with Crippen LogP contribution in [0, 0.1) is 13.8 Å². The highest BCUT2D eigenvalue weighted by atomic mass is 79.9. The second-order valence-electron chi connectivity index (χ2n) is 4.26. The lowest BCUT2D eigenvalue weighted by Gasteiger charge is -2.15. The van der Waals surface area contributed by atoms with Crippen LogP contribution in [-0.2, 0) is 7.05 Å². The molecule has 2 aromatic rings. The molecule has 1 atom stereocenters. The average molecular weight is 295 g/mol. The van der Waals surface area contributed by atoms with Crippen LogP contribution in [0.1, 0.15) is 28.5 Å². The zero-order valence-electron chi connectivity index (χ0n) is 10.1. The third kappa shape index (κ3) is 2.28. The summed E-state index contributed by atoms with van der Waals surface area (Å²) in [6.07, 6.45) is 1.04.